The highest BCUT2D eigenvalue weighted by atomic mass is 16.5. The molecule has 194 valence electrons. The van der Waals surface area contributed by atoms with Crippen molar-refractivity contribution in [1.82, 2.24) is 15.1 Å². The predicted octanol–water partition coefficient (Wildman–Crippen LogP) is 1.78. The number of piperidine rings is 2. The maximum Gasteiger partial charge on any atom is 0.290 e. The van der Waals surface area contributed by atoms with Gasteiger partial charge in [-0.25, -0.2) is 0 Å². The number of amides is 1. The molecule has 5 rings (SSSR count). The van der Waals surface area contributed by atoms with E-state index < -0.39 is 0 Å². The van der Waals surface area contributed by atoms with Crippen molar-refractivity contribution >= 4 is 18.9 Å². The first kappa shape index (κ1) is 27.1. The number of nitrogens with one attached hydrogen (secondary N) is 1. The summed E-state index contributed by atoms with van der Waals surface area (Å²) in [6.07, 6.45) is 8.92. The van der Waals surface area contributed by atoms with Crippen LogP contribution in [0.4, 0.5) is 0 Å². The highest BCUT2D eigenvalue weighted by Gasteiger charge is 2.53. The van der Waals surface area contributed by atoms with Crippen LogP contribution in [0, 0.1) is 0 Å². The number of rotatable bonds is 4. The predicted molar refractivity (Wildman–Crippen MR) is 131 cm³/mol. The van der Waals surface area contributed by atoms with Crippen molar-refractivity contribution in [3.63, 3.8) is 0 Å². The number of carboxylic acid groups (broad SMARTS) is 2. The number of carbonyl (C=O) groups excluding carboxylic acids is 1. The second-order valence-electron chi connectivity index (χ2n) is 9.81. The van der Waals surface area contributed by atoms with Gasteiger partial charge >= 0.3 is 0 Å². The molecule has 1 aromatic carbocycles. The fourth-order valence-corrected chi connectivity index (χ4v) is 6.37. The number of likely N-dealkylation sites (tertiary alicyclic amines) is 1. The molecule has 0 radical (unpaired) electrons. The first-order valence-corrected chi connectivity index (χ1v) is 12.6. The molecule has 3 heterocycles. The van der Waals surface area contributed by atoms with Gasteiger partial charge in [-0.15, -0.1) is 0 Å². The van der Waals surface area contributed by atoms with Crippen molar-refractivity contribution in [1.29, 1.82) is 0 Å². The molecule has 35 heavy (non-hydrogen) atoms. The minimum atomic E-state index is -0.263. The number of ether oxygens (including phenoxy) is 1. The topological polar surface area (TPSA) is 119 Å². The van der Waals surface area contributed by atoms with Crippen molar-refractivity contribution in [3.8, 4) is 0 Å². The lowest BCUT2D eigenvalue weighted by Gasteiger charge is -2.45. The molecule has 3 saturated heterocycles. The first-order chi connectivity index (χ1) is 17.0. The molecule has 0 unspecified atom stereocenters. The Labute approximate surface area is 207 Å². The van der Waals surface area contributed by atoms with E-state index in [4.69, 9.17) is 24.5 Å². The lowest BCUT2D eigenvalue weighted by molar-refractivity contribution is -0.147. The van der Waals surface area contributed by atoms with Crippen LogP contribution in [0.5, 0.6) is 0 Å². The zero-order chi connectivity index (χ0) is 25.3. The van der Waals surface area contributed by atoms with Gasteiger partial charge in [0.2, 0.25) is 5.91 Å². The van der Waals surface area contributed by atoms with Crippen LogP contribution in [0.15, 0.2) is 24.3 Å². The average molecular weight is 490 g/mol. The Morgan fingerprint density at radius 3 is 2.20 bits per heavy atom. The fraction of sp³-hybridized carbons (Fsp3) is 0.654. The van der Waals surface area contributed by atoms with Crippen molar-refractivity contribution in [3.05, 3.63) is 35.4 Å². The Morgan fingerprint density at radius 2 is 1.63 bits per heavy atom. The van der Waals surface area contributed by atoms with Crippen LogP contribution in [0.25, 0.3) is 0 Å². The molecule has 1 aromatic rings. The summed E-state index contributed by atoms with van der Waals surface area (Å²) in [5.41, 5.74) is 2.72. The van der Waals surface area contributed by atoms with Crippen molar-refractivity contribution in [2.75, 3.05) is 33.3 Å². The Hall–Kier alpha value is -2.49. The Morgan fingerprint density at radius 1 is 1.03 bits per heavy atom. The summed E-state index contributed by atoms with van der Waals surface area (Å²) in [6.45, 7) is 3.29. The van der Waals surface area contributed by atoms with Gasteiger partial charge in [0, 0.05) is 38.8 Å². The molecular weight excluding hydrogens is 450 g/mol. The highest BCUT2D eigenvalue weighted by Crippen LogP contribution is 2.40. The van der Waals surface area contributed by atoms with E-state index in [2.05, 4.69) is 39.4 Å². The number of benzene rings is 1. The van der Waals surface area contributed by atoms with E-state index in [1.165, 1.54) is 24.0 Å². The van der Waals surface area contributed by atoms with Gasteiger partial charge in [0.25, 0.3) is 12.9 Å². The van der Waals surface area contributed by atoms with Gasteiger partial charge < -0.3 is 25.2 Å². The quantitative estimate of drug-likeness (QED) is 0.548. The summed E-state index contributed by atoms with van der Waals surface area (Å²) in [5, 5.41) is 17.7. The smallest absolute Gasteiger partial charge is 0.290 e. The number of hydrogen-bond donors (Lipinski definition) is 3. The van der Waals surface area contributed by atoms with Gasteiger partial charge in [-0.2, -0.15) is 0 Å². The van der Waals surface area contributed by atoms with Crippen molar-refractivity contribution in [2.24, 2.45) is 0 Å². The molecule has 3 fully saturated rings. The van der Waals surface area contributed by atoms with Gasteiger partial charge in [0.15, 0.2) is 0 Å². The third kappa shape index (κ3) is 6.39. The Bertz CT molecular complexity index is 813. The molecule has 3 N–H and O–H groups in total. The molecular formula is C26H39N3O6. The summed E-state index contributed by atoms with van der Waals surface area (Å²) < 4.78 is 5.51. The molecule has 0 aromatic heterocycles. The van der Waals surface area contributed by atoms with Crippen LogP contribution in [0.2, 0.25) is 0 Å². The standard InChI is InChI=1S/C24H35N3O2.2CH2O2/c1-29-22-8-12-26(13-9-22)23(28)24-10-4-5-11-27(24)17-21(16-24)25-20-14-18-6-2-3-7-19(18)15-20;2*2-1-3/h2-3,6-7,20-22,25H,4-5,8-17H2,1H3;2*1H,(H,2,3)/t21-,24+;;/m0../s1. The van der Waals surface area contributed by atoms with Crippen LogP contribution >= 0.6 is 0 Å². The van der Waals surface area contributed by atoms with Crippen LogP contribution in [-0.4, -0.2) is 95.9 Å². The summed E-state index contributed by atoms with van der Waals surface area (Å²) in [6, 6.07) is 9.78. The number of methoxy groups -OCH3 is 1. The lowest BCUT2D eigenvalue weighted by atomic mass is 9.83. The van der Waals surface area contributed by atoms with E-state index in [0.717, 1.165) is 64.7 Å². The molecule has 0 bridgehead atoms. The van der Waals surface area contributed by atoms with Crippen LogP contribution in [0.3, 0.4) is 0 Å². The van der Waals surface area contributed by atoms with Crippen molar-refractivity contribution < 1.29 is 29.3 Å². The summed E-state index contributed by atoms with van der Waals surface area (Å²) in [7, 11) is 1.79. The van der Waals surface area contributed by atoms with Gasteiger partial charge in [-0.1, -0.05) is 24.3 Å². The molecule has 1 aliphatic carbocycles. The van der Waals surface area contributed by atoms with E-state index in [9.17, 15) is 4.79 Å². The maximum atomic E-state index is 13.7. The van der Waals surface area contributed by atoms with Crippen LogP contribution in [0.1, 0.15) is 49.7 Å². The third-order valence-electron chi connectivity index (χ3n) is 7.88. The first-order valence-electron chi connectivity index (χ1n) is 12.6. The molecule has 4 aliphatic rings. The van der Waals surface area contributed by atoms with Crippen molar-refractivity contribution in [2.45, 2.75) is 75.1 Å². The fourth-order valence-electron chi connectivity index (χ4n) is 6.37. The number of nitrogens with zero attached hydrogens (tertiary/aromatic N) is 2. The summed E-state index contributed by atoms with van der Waals surface area (Å²) in [4.78, 5) is 35.1. The second kappa shape index (κ2) is 13.0. The van der Waals surface area contributed by atoms with Crippen LogP contribution < -0.4 is 5.32 Å². The third-order valence-corrected chi connectivity index (χ3v) is 7.88. The monoisotopic (exact) mass is 489 g/mol. The van der Waals surface area contributed by atoms with Gasteiger partial charge in [-0.3, -0.25) is 19.3 Å². The highest BCUT2D eigenvalue weighted by molar-refractivity contribution is 5.87. The number of fused-ring (bicyclic) bond motifs is 2. The van der Waals surface area contributed by atoms with Gasteiger partial charge in [0.05, 0.1) is 6.10 Å². The molecule has 0 spiro atoms. The normalized spacial score (nSPS) is 26.4. The minimum absolute atomic E-state index is 0.250. The summed E-state index contributed by atoms with van der Waals surface area (Å²) >= 11 is 0. The molecule has 3 aliphatic heterocycles. The van der Waals surface area contributed by atoms with E-state index in [0.29, 0.717) is 24.1 Å². The lowest BCUT2D eigenvalue weighted by Crippen LogP contribution is -2.59. The zero-order valence-corrected chi connectivity index (χ0v) is 20.6. The maximum absolute atomic E-state index is 13.7. The molecule has 0 saturated carbocycles. The average Bonchev–Trinajstić information content (AvgIpc) is 3.45. The van der Waals surface area contributed by atoms with Gasteiger partial charge in [0.1, 0.15) is 5.54 Å². The SMILES string of the molecule is COC1CCN(C(=O)[C@]23CCCCN2C[C@@H](NC2Cc4ccccc4C2)C3)CC1.O=CO.O=CO. The second-order valence-corrected chi connectivity index (χ2v) is 9.81. The number of hydrogen-bond acceptors (Lipinski definition) is 6. The largest absolute Gasteiger partial charge is 0.483 e. The molecule has 9 heteroatoms. The van der Waals surface area contributed by atoms with E-state index in [1.807, 2.05) is 0 Å². The van der Waals surface area contributed by atoms with E-state index in [-0.39, 0.29) is 18.5 Å². The number of carbonyl (C=O) groups is 3. The Kier molecular flexibility index (Phi) is 10.1. The van der Waals surface area contributed by atoms with Gasteiger partial charge in [-0.05, 0) is 69.0 Å². The van der Waals surface area contributed by atoms with E-state index in [1.54, 1.807) is 7.11 Å². The van der Waals surface area contributed by atoms with E-state index >= 15 is 0 Å². The Balaban J connectivity index is 0.000000520. The zero-order valence-electron chi connectivity index (χ0n) is 20.6. The van der Waals surface area contributed by atoms with Crippen LogP contribution in [-0.2, 0) is 32.0 Å². The summed E-state index contributed by atoms with van der Waals surface area (Å²) in [5.74, 6) is 0.394. The molecule has 9 nitrogen and oxygen atoms in total. The molecule has 2 atom stereocenters. The molecule has 1 amide bonds. The minimum Gasteiger partial charge on any atom is -0.483 e.